The molecule has 0 aromatic heterocycles. The number of phosphoric acid groups is 1. The third-order valence-electron chi connectivity index (χ3n) is 6.50. The van der Waals surface area contributed by atoms with Crippen molar-refractivity contribution in [2.45, 2.75) is 142 Å². The molecule has 5 N–H and O–H groups in total. The molecular formula is C30H59N2O6P. The Balaban J connectivity index is 4.49. The van der Waals surface area contributed by atoms with E-state index in [2.05, 4.69) is 31.3 Å². The third kappa shape index (κ3) is 25.7. The lowest BCUT2D eigenvalue weighted by Gasteiger charge is -2.23. The number of carbonyl (C=O) groups is 1. The summed E-state index contributed by atoms with van der Waals surface area (Å²) < 4.78 is 21.8. The molecule has 0 aliphatic rings. The smallest absolute Gasteiger partial charge is 0.387 e. The van der Waals surface area contributed by atoms with Gasteiger partial charge in [0.25, 0.3) is 0 Å². The Morgan fingerprint density at radius 3 is 2.00 bits per heavy atom. The van der Waals surface area contributed by atoms with Crippen LogP contribution in [0.15, 0.2) is 24.3 Å². The van der Waals surface area contributed by atoms with Gasteiger partial charge in [0.2, 0.25) is 5.91 Å². The molecule has 0 heterocycles. The van der Waals surface area contributed by atoms with Gasteiger partial charge in [-0.25, -0.2) is 4.57 Å². The summed E-state index contributed by atoms with van der Waals surface area (Å²) in [6.07, 6.45) is 26.5. The second kappa shape index (κ2) is 27.2. The average Bonchev–Trinajstić information content (AvgIpc) is 2.91. The molecule has 0 spiro atoms. The van der Waals surface area contributed by atoms with Crippen molar-refractivity contribution in [2.24, 2.45) is 5.73 Å². The number of aliphatic hydroxyl groups excluding tert-OH is 1. The van der Waals surface area contributed by atoms with Crippen LogP contribution in [0.2, 0.25) is 0 Å². The molecule has 0 saturated heterocycles. The van der Waals surface area contributed by atoms with Crippen molar-refractivity contribution in [1.29, 1.82) is 0 Å². The van der Waals surface area contributed by atoms with Crippen LogP contribution in [0.5, 0.6) is 0 Å². The summed E-state index contributed by atoms with van der Waals surface area (Å²) in [5.41, 5.74) is 5.32. The molecule has 0 saturated carbocycles. The highest BCUT2D eigenvalue weighted by atomic mass is 31.2. The Morgan fingerprint density at radius 1 is 0.821 bits per heavy atom. The van der Waals surface area contributed by atoms with Crippen molar-refractivity contribution in [1.82, 2.24) is 5.32 Å². The third-order valence-corrected chi connectivity index (χ3v) is 7.49. The summed E-state index contributed by atoms with van der Waals surface area (Å²) >= 11 is 0. The molecule has 0 bridgehead atoms. The first kappa shape index (κ1) is 38.0. The van der Waals surface area contributed by atoms with Crippen molar-refractivity contribution < 1.29 is 28.4 Å². The lowest BCUT2D eigenvalue weighted by molar-refractivity contribution is -0.123. The molecule has 0 aliphatic heterocycles. The molecule has 3 unspecified atom stereocenters. The normalized spacial score (nSPS) is 15.1. The minimum absolute atomic E-state index is 0.0771. The Morgan fingerprint density at radius 2 is 1.38 bits per heavy atom. The van der Waals surface area contributed by atoms with E-state index in [4.69, 9.17) is 14.8 Å². The summed E-state index contributed by atoms with van der Waals surface area (Å²) in [4.78, 5) is 22.4. The maximum absolute atomic E-state index is 12.5. The number of amides is 1. The van der Waals surface area contributed by atoms with Crippen molar-refractivity contribution in [2.75, 3.05) is 19.8 Å². The fourth-order valence-electron chi connectivity index (χ4n) is 4.13. The minimum atomic E-state index is -4.32. The zero-order valence-corrected chi connectivity index (χ0v) is 25.8. The van der Waals surface area contributed by atoms with Gasteiger partial charge in [-0.2, -0.15) is 0 Å². The fraction of sp³-hybridized carbons (Fsp3) is 0.833. The second-order valence-corrected chi connectivity index (χ2v) is 11.8. The van der Waals surface area contributed by atoms with E-state index in [1.807, 2.05) is 6.08 Å². The quantitative estimate of drug-likeness (QED) is 0.0445. The van der Waals surface area contributed by atoms with Gasteiger partial charge in [-0.15, -0.1) is 0 Å². The molecule has 1 amide bonds. The van der Waals surface area contributed by atoms with Gasteiger partial charge in [-0.1, -0.05) is 109 Å². The van der Waals surface area contributed by atoms with Crippen LogP contribution in [0.3, 0.4) is 0 Å². The van der Waals surface area contributed by atoms with Crippen molar-refractivity contribution in [3.63, 3.8) is 0 Å². The molecule has 39 heavy (non-hydrogen) atoms. The number of allylic oxidation sites excluding steroid dienone is 3. The number of phosphoric ester groups is 1. The minimum Gasteiger partial charge on any atom is -0.387 e. The molecule has 8 nitrogen and oxygen atoms in total. The van der Waals surface area contributed by atoms with Crippen LogP contribution in [-0.4, -0.2) is 47.8 Å². The molecule has 230 valence electrons. The monoisotopic (exact) mass is 574 g/mol. The summed E-state index contributed by atoms with van der Waals surface area (Å²) in [5.74, 6) is -0.211. The lowest BCUT2D eigenvalue weighted by atomic mass is 10.1. The maximum Gasteiger partial charge on any atom is 0.472 e. The number of unbranched alkanes of at least 4 members (excludes halogenated alkanes) is 14. The number of nitrogens with one attached hydrogen (secondary N) is 1. The molecule has 0 radical (unpaired) electrons. The summed E-state index contributed by atoms with van der Waals surface area (Å²) in [6.45, 7) is 4.00. The molecule has 0 aromatic carbocycles. The summed E-state index contributed by atoms with van der Waals surface area (Å²) in [6, 6.07) is -0.857. The standard InChI is InChI=1S/C30H59N2O6P/c1-3-5-7-9-11-13-15-17-19-21-23-29(33)28(27-38-39(35,36)37-26-25-31)32-30(34)24-22-20-18-16-14-12-10-8-6-4-2/h8,10,21,23,28-29,33H,3-7,9,11-20,22,24-27,31H2,1-2H3,(H,32,34)(H,35,36)/b10-8-,23-21+. The Hall–Kier alpha value is -1.02. The zero-order valence-electron chi connectivity index (χ0n) is 24.9. The molecule has 0 fully saturated rings. The summed E-state index contributed by atoms with van der Waals surface area (Å²) in [7, 11) is -4.32. The molecule has 0 aromatic rings. The van der Waals surface area contributed by atoms with Crippen LogP contribution in [0.25, 0.3) is 0 Å². The molecule has 0 rings (SSSR count). The number of carbonyl (C=O) groups excluding carboxylic acids is 1. The van der Waals surface area contributed by atoms with E-state index in [-0.39, 0.29) is 25.7 Å². The predicted octanol–water partition coefficient (Wildman–Crippen LogP) is 7.10. The highest BCUT2D eigenvalue weighted by Gasteiger charge is 2.26. The van der Waals surface area contributed by atoms with E-state index in [0.29, 0.717) is 6.42 Å². The molecule has 9 heteroatoms. The van der Waals surface area contributed by atoms with Gasteiger partial charge >= 0.3 is 7.82 Å². The van der Waals surface area contributed by atoms with Crippen LogP contribution in [0, 0.1) is 0 Å². The van der Waals surface area contributed by atoms with E-state index in [0.717, 1.165) is 64.2 Å². The van der Waals surface area contributed by atoms with E-state index in [9.17, 15) is 19.4 Å². The van der Waals surface area contributed by atoms with Crippen molar-refractivity contribution in [3.8, 4) is 0 Å². The lowest BCUT2D eigenvalue weighted by Crippen LogP contribution is -2.45. The van der Waals surface area contributed by atoms with Gasteiger partial charge < -0.3 is 21.1 Å². The van der Waals surface area contributed by atoms with Crippen LogP contribution < -0.4 is 11.1 Å². The van der Waals surface area contributed by atoms with Gasteiger partial charge in [0.15, 0.2) is 0 Å². The van der Waals surface area contributed by atoms with Gasteiger partial charge in [0.05, 0.1) is 25.4 Å². The molecule has 3 atom stereocenters. The first-order chi connectivity index (χ1) is 18.9. The van der Waals surface area contributed by atoms with Gasteiger partial charge in [0, 0.05) is 13.0 Å². The van der Waals surface area contributed by atoms with Gasteiger partial charge in [0.1, 0.15) is 0 Å². The number of rotatable bonds is 28. The highest BCUT2D eigenvalue weighted by molar-refractivity contribution is 7.47. The largest absolute Gasteiger partial charge is 0.472 e. The topological polar surface area (TPSA) is 131 Å². The van der Waals surface area contributed by atoms with E-state index >= 15 is 0 Å². The first-order valence-corrected chi connectivity index (χ1v) is 17.0. The Kier molecular flexibility index (Phi) is 26.5. The van der Waals surface area contributed by atoms with Gasteiger partial charge in [-0.3, -0.25) is 13.8 Å². The van der Waals surface area contributed by atoms with E-state index < -0.39 is 20.0 Å². The average molecular weight is 575 g/mol. The molecule has 0 aliphatic carbocycles. The van der Waals surface area contributed by atoms with Crippen LogP contribution in [0.1, 0.15) is 129 Å². The number of aliphatic hydroxyl groups is 1. The fourth-order valence-corrected chi connectivity index (χ4v) is 4.89. The second-order valence-electron chi connectivity index (χ2n) is 10.3. The van der Waals surface area contributed by atoms with E-state index in [1.165, 1.54) is 44.9 Å². The number of nitrogens with two attached hydrogens (primary N) is 1. The first-order valence-electron chi connectivity index (χ1n) is 15.5. The zero-order chi connectivity index (χ0) is 29.0. The van der Waals surface area contributed by atoms with Crippen LogP contribution in [0.4, 0.5) is 0 Å². The van der Waals surface area contributed by atoms with Crippen LogP contribution >= 0.6 is 7.82 Å². The SMILES string of the molecule is CCC/C=C\CCCCCCCC(=O)NC(COP(=O)(O)OCCN)C(O)/C=C/CCCCCCCCCC. The van der Waals surface area contributed by atoms with Crippen molar-refractivity contribution >= 4 is 13.7 Å². The summed E-state index contributed by atoms with van der Waals surface area (Å²) in [5, 5.41) is 13.5. The van der Waals surface area contributed by atoms with Crippen LogP contribution in [-0.2, 0) is 18.4 Å². The Bertz CT molecular complexity index is 674. The number of hydrogen-bond acceptors (Lipinski definition) is 6. The Labute approximate surface area is 238 Å². The predicted molar refractivity (Wildman–Crippen MR) is 161 cm³/mol. The molecular weight excluding hydrogens is 515 g/mol. The van der Waals surface area contributed by atoms with Gasteiger partial charge in [-0.05, 0) is 38.5 Å². The highest BCUT2D eigenvalue weighted by Crippen LogP contribution is 2.43. The van der Waals surface area contributed by atoms with E-state index in [1.54, 1.807) is 6.08 Å². The number of hydrogen-bond donors (Lipinski definition) is 4. The maximum atomic E-state index is 12.5. The van der Waals surface area contributed by atoms with Crippen molar-refractivity contribution in [3.05, 3.63) is 24.3 Å².